The fourth-order valence-electron chi connectivity index (χ4n) is 2.79. The van der Waals surface area contributed by atoms with Crippen LogP contribution in [-0.4, -0.2) is 19.6 Å². The first-order valence-corrected chi connectivity index (χ1v) is 8.87. The molecule has 2 aromatic carbocycles. The van der Waals surface area contributed by atoms with Gasteiger partial charge in [-0.3, -0.25) is 20.2 Å². The van der Waals surface area contributed by atoms with E-state index in [4.69, 9.17) is 16.3 Å². The standard InChI is InChI=1S/C18H15ClFN5O5/c1-10-17(25(28)29)18(23(2)22-10)21-9-11-3-5-16(14(20)7-11)30-15-6-4-12(24(26)27)8-13(15)19/h3-8,21H,9H2,1-2H3. The van der Waals surface area contributed by atoms with Gasteiger partial charge in [0, 0.05) is 25.7 Å². The van der Waals surface area contributed by atoms with Crippen molar-refractivity contribution in [1.29, 1.82) is 0 Å². The van der Waals surface area contributed by atoms with Gasteiger partial charge in [-0.2, -0.15) is 5.10 Å². The van der Waals surface area contributed by atoms with Gasteiger partial charge in [0.05, 0.1) is 14.9 Å². The van der Waals surface area contributed by atoms with Gasteiger partial charge in [-0.1, -0.05) is 17.7 Å². The summed E-state index contributed by atoms with van der Waals surface area (Å²) in [4.78, 5) is 20.8. The normalized spacial score (nSPS) is 10.7. The van der Waals surface area contributed by atoms with Crippen LogP contribution in [0.1, 0.15) is 11.3 Å². The first-order valence-electron chi connectivity index (χ1n) is 8.49. The van der Waals surface area contributed by atoms with Crippen LogP contribution in [0.2, 0.25) is 5.02 Å². The molecule has 0 atom stereocenters. The Morgan fingerprint density at radius 1 is 1.17 bits per heavy atom. The van der Waals surface area contributed by atoms with Crippen LogP contribution < -0.4 is 10.1 Å². The Labute approximate surface area is 174 Å². The van der Waals surface area contributed by atoms with Crippen LogP contribution in [0.4, 0.5) is 21.6 Å². The molecular formula is C18H15ClFN5O5. The summed E-state index contributed by atoms with van der Waals surface area (Å²) in [5, 5.41) is 28.8. The molecule has 0 saturated heterocycles. The second-order valence-corrected chi connectivity index (χ2v) is 6.66. The minimum absolute atomic E-state index is 0.0340. The third-order valence-corrected chi connectivity index (χ3v) is 4.47. The van der Waals surface area contributed by atoms with Crippen molar-refractivity contribution >= 4 is 28.8 Å². The van der Waals surface area contributed by atoms with Crippen LogP contribution in [-0.2, 0) is 13.6 Å². The Kier molecular flexibility index (Phi) is 5.83. The number of non-ortho nitro benzene ring substituents is 1. The Balaban J connectivity index is 1.75. The Bertz CT molecular complexity index is 1150. The largest absolute Gasteiger partial charge is 0.453 e. The molecule has 0 saturated carbocycles. The molecule has 0 aliphatic carbocycles. The molecule has 0 amide bonds. The molecule has 1 heterocycles. The summed E-state index contributed by atoms with van der Waals surface area (Å²) in [6.07, 6.45) is 0. The second kappa shape index (κ2) is 8.33. The molecule has 0 bridgehead atoms. The number of hydrogen-bond acceptors (Lipinski definition) is 7. The molecule has 12 heteroatoms. The second-order valence-electron chi connectivity index (χ2n) is 6.26. The number of ether oxygens (including phenoxy) is 1. The van der Waals surface area contributed by atoms with Crippen LogP contribution >= 0.6 is 11.6 Å². The predicted molar refractivity (Wildman–Crippen MR) is 107 cm³/mol. The maximum atomic E-state index is 14.5. The van der Waals surface area contributed by atoms with E-state index in [0.717, 1.165) is 6.07 Å². The molecule has 0 radical (unpaired) electrons. The number of halogens is 2. The highest BCUT2D eigenvalue weighted by Gasteiger charge is 2.23. The van der Waals surface area contributed by atoms with E-state index in [0.29, 0.717) is 5.56 Å². The van der Waals surface area contributed by atoms with E-state index >= 15 is 0 Å². The molecule has 3 aromatic rings. The van der Waals surface area contributed by atoms with Crippen molar-refractivity contribution < 1.29 is 19.0 Å². The van der Waals surface area contributed by atoms with E-state index in [1.54, 1.807) is 13.1 Å². The molecule has 0 unspecified atom stereocenters. The topological polar surface area (TPSA) is 125 Å². The summed E-state index contributed by atoms with van der Waals surface area (Å²) in [5.41, 5.74) is 0.405. The molecule has 1 N–H and O–H groups in total. The highest BCUT2D eigenvalue weighted by Crippen LogP contribution is 2.34. The number of anilines is 1. The van der Waals surface area contributed by atoms with Gasteiger partial charge in [-0.15, -0.1) is 0 Å². The van der Waals surface area contributed by atoms with Crippen LogP contribution in [0.5, 0.6) is 11.5 Å². The van der Waals surface area contributed by atoms with Gasteiger partial charge in [0.1, 0.15) is 11.4 Å². The molecule has 10 nitrogen and oxygen atoms in total. The van der Waals surface area contributed by atoms with Gasteiger partial charge in [0.15, 0.2) is 11.6 Å². The summed E-state index contributed by atoms with van der Waals surface area (Å²) in [6.45, 7) is 1.63. The number of aromatic nitrogens is 2. The summed E-state index contributed by atoms with van der Waals surface area (Å²) in [5.74, 6) is -0.555. The average Bonchev–Trinajstić information content (AvgIpc) is 2.96. The summed E-state index contributed by atoms with van der Waals surface area (Å²) < 4.78 is 21.2. The van der Waals surface area contributed by atoms with Crippen LogP contribution in [0, 0.1) is 33.0 Å². The number of nitrogens with zero attached hydrogens (tertiary/aromatic N) is 4. The number of rotatable bonds is 7. The van der Waals surface area contributed by atoms with Gasteiger partial charge in [-0.25, -0.2) is 9.07 Å². The highest BCUT2D eigenvalue weighted by atomic mass is 35.5. The van der Waals surface area contributed by atoms with E-state index in [2.05, 4.69) is 10.4 Å². The molecule has 30 heavy (non-hydrogen) atoms. The van der Waals surface area contributed by atoms with Crippen molar-refractivity contribution in [3.8, 4) is 11.5 Å². The number of nitrogens with one attached hydrogen (secondary N) is 1. The van der Waals surface area contributed by atoms with Crippen molar-refractivity contribution in [1.82, 2.24) is 9.78 Å². The zero-order chi connectivity index (χ0) is 22.0. The van der Waals surface area contributed by atoms with Crippen molar-refractivity contribution in [2.24, 2.45) is 7.05 Å². The molecule has 0 aliphatic heterocycles. The Morgan fingerprint density at radius 2 is 1.87 bits per heavy atom. The SMILES string of the molecule is Cc1nn(C)c(NCc2ccc(Oc3ccc([N+](=O)[O-])cc3Cl)c(F)c2)c1[N+](=O)[O-]. The smallest absolute Gasteiger partial charge is 0.333 e. The van der Waals surface area contributed by atoms with Gasteiger partial charge < -0.3 is 10.1 Å². The number of hydrogen-bond donors (Lipinski definition) is 1. The van der Waals surface area contributed by atoms with Crippen LogP contribution in [0.25, 0.3) is 0 Å². The fourth-order valence-corrected chi connectivity index (χ4v) is 3.00. The molecule has 0 aliphatic rings. The monoisotopic (exact) mass is 435 g/mol. The third-order valence-electron chi connectivity index (χ3n) is 4.18. The highest BCUT2D eigenvalue weighted by molar-refractivity contribution is 6.32. The number of aryl methyl sites for hydroxylation is 2. The maximum Gasteiger partial charge on any atom is 0.333 e. The van der Waals surface area contributed by atoms with Gasteiger partial charge >= 0.3 is 5.69 Å². The van der Waals surface area contributed by atoms with E-state index < -0.39 is 15.7 Å². The Morgan fingerprint density at radius 3 is 2.47 bits per heavy atom. The number of nitro benzene ring substituents is 1. The lowest BCUT2D eigenvalue weighted by atomic mass is 10.2. The van der Waals surface area contributed by atoms with Crippen molar-refractivity contribution in [2.45, 2.75) is 13.5 Å². The van der Waals surface area contributed by atoms with E-state index in [-0.39, 0.29) is 46.0 Å². The van der Waals surface area contributed by atoms with E-state index in [1.807, 2.05) is 0 Å². The molecular weight excluding hydrogens is 421 g/mol. The average molecular weight is 436 g/mol. The summed E-state index contributed by atoms with van der Waals surface area (Å²) in [7, 11) is 1.56. The van der Waals surface area contributed by atoms with E-state index in [1.165, 1.54) is 35.9 Å². The first-order chi connectivity index (χ1) is 14.2. The molecule has 3 rings (SSSR count). The minimum atomic E-state index is -0.695. The zero-order valence-corrected chi connectivity index (χ0v) is 16.5. The van der Waals surface area contributed by atoms with Crippen LogP contribution in [0.3, 0.4) is 0 Å². The van der Waals surface area contributed by atoms with Gasteiger partial charge in [-0.05, 0) is 30.7 Å². The van der Waals surface area contributed by atoms with Crippen molar-refractivity contribution in [2.75, 3.05) is 5.32 Å². The number of benzene rings is 2. The zero-order valence-electron chi connectivity index (χ0n) is 15.8. The first kappa shape index (κ1) is 21.0. The lowest BCUT2D eigenvalue weighted by Gasteiger charge is -2.10. The summed E-state index contributed by atoms with van der Waals surface area (Å²) in [6, 6.07) is 7.72. The predicted octanol–water partition coefficient (Wildman–Crippen LogP) is 4.74. The van der Waals surface area contributed by atoms with Crippen molar-refractivity contribution in [3.63, 3.8) is 0 Å². The van der Waals surface area contributed by atoms with Gasteiger partial charge in [0.25, 0.3) is 5.69 Å². The quantitative estimate of drug-likeness (QED) is 0.419. The lowest BCUT2D eigenvalue weighted by Crippen LogP contribution is -2.06. The summed E-state index contributed by atoms with van der Waals surface area (Å²) >= 11 is 5.96. The number of nitro groups is 2. The molecule has 1 aromatic heterocycles. The van der Waals surface area contributed by atoms with Crippen molar-refractivity contribution in [3.05, 3.63) is 78.7 Å². The van der Waals surface area contributed by atoms with Crippen LogP contribution in [0.15, 0.2) is 36.4 Å². The Hall–Kier alpha value is -3.73. The minimum Gasteiger partial charge on any atom is -0.453 e. The fraction of sp³-hybridized carbons (Fsp3) is 0.167. The maximum absolute atomic E-state index is 14.5. The lowest BCUT2D eigenvalue weighted by molar-refractivity contribution is -0.384. The molecule has 156 valence electrons. The molecule has 0 spiro atoms. The van der Waals surface area contributed by atoms with E-state index in [9.17, 15) is 24.6 Å². The molecule has 0 fully saturated rings. The third kappa shape index (κ3) is 4.30. The van der Waals surface area contributed by atoms with Gasteiger partial charge in [0.2, 0.25) is 5.82 Å².